The Balaban J connectivity index is 1.74. The van der Waals surface area contributed by atoms with E-state index >= 15 is 0 Å². The third kappa shape index (κ3) is 4.27. The molecule has 1 atom stereocenters. The fourth-order valence-electron chi connectivity index (χ4n) is 3.79. The summed E-state index contributed by atoms with van der Waals surface area (Å²) in [5.74, 6) is -1.08. The van der Waals surface area contributed by atoms with Crippen LogP contribution < -0.4 is 10.6 Å². The third-order valence-corrected chi connectivity index (χ3v) is 5.42. The largest absolute Gasteiger partial charge is 0.338 e. The Hall–Kier alpha value is -3.14. The summed E-state index contributed by atoms with van der Waals surface area (Å²) in [6.45, 7) is 9.38. The van der Waals surface area contributed by atoms with E-state index in [9.17, 15) is 13.6 Å². The quantitative estimate of drug-likeness (QED) is 0.639. The van der Waals surface area contributed by atoms with Gasteiger partial charge in [-0.2, -0.15) is 4.98 Å². The minimum atomic E-state index is -0.961. The predicted molar refractivity (Wildman–Crippen MR) is 113 cm³/mol. The molecule has 0 fully saturated rings. The van der Waals surface area contributed by atoms with Crippen molar-refractivity contribution in [1.29, 1.82) is 0 Å². The molecule has 1 aromatic carbocycles. The number of hydrogen-bond donors (Lipinski definition) is 2. The van der Waals surface area contributed by atoms with Crippen LogP contribution >= 0.6 is 0 Å². The molecule has 3 aromatic rings. The summed E-state index contributed by atoms with van der Waals surface area (Å²) < 4.78 is 34.6. The first kappa shape index (κ1) is 22.1. The number of nitrogens with one attached hydrogen (secondary N) is 2. The Kier molecular flexibility index (Phi) is 5.81. The number of nitrogens with zero attached hydrogens (tertiary/aromatic N) is 4. The van der Waals surface area contributed by atoms with Crippen LogP contribution in [0, 0.1) is 24.0 Å². The van der Waals surface area contributed by atoms with Crippen LogP contribution in [0.5, 0.6) is 0 Å². The molecule has 0 saturated heterocycles. The van der Waals surface area contributed by atoms with Crippen molar-refractivity contribution in [2.24, 2.45) is 5.41 Å². The maximum Gasteiger partial charge on any atom is 0.272 e. The second-order valence-corrected chi connectivity index (χ2v) is 8.99. The predicted octanol–water partition coefficient (Wildman–Crippen LogP) is 3.53. The average molecular weight is 444 g/mol. The molecule has 1 aliphatic heterocycles. The second-order valence-electron chi connectivity index (χ2n) is 8.99. The number of rotatable bonds is 4. The highest BCUT2D eigenvalue weighted by Gasteiger charge is 2.34. The summed E-state index contributed by atoms with van der Waals surface area (Å²) in [5, 5.41) is 10.1. The molecule has 1 aliphatic rings. The molecule has 10 heteroatoms. The van der Waals surface area contributed by atoms with Crippen LogP contribution in [0.15, 0.2) is 22.7 Å². The van der Waals surface area contributed by atoms with Gasteiger partial charge in [-0.25, -0.2) is 13.8 Å². The van der Waals surface area contributed by atoms with Crippen LogP contribution in [0.1, 0.15) is 61.1 Å². The molecule has 0 aliphatic carbocycles. The van der Waals surface area contributed by atoms with Crippen LogP contribution in [-0.2, 0) is 13.1 Å². The van der Waals surface area contributed by atoms with Crippen molar-refractivity contribution in [2.45, 2.75) is 53.2 Å². The lowest BCUT2D eigenvalue weighted by atomic mass is 9.86. The van der Waals surface area contributed by atoms with Gasteiger partial charge in [-0.15, -0.1) is 0 Å². The molecule has 1 amide bonds. The third-order valence-electron chi connectivity index (χ3n) is 5.42. The minimum Gasteiger partial charge on any atom is -0.338 e. The zero-order valence-electron chi connectivity index (χ0n) is 18.5. The van der Waals surface area contributed by atoms with Crippen LogP contribution in [-0.4, -0.2) is 32.1 Å². The minimum absolute atomic E-state index is 0.227. The van der Waals surface area contributed by atoms with E-state index in [0.29, 0.717) is 41.9 Å². The van der Waals surface area contributed by atoms with E-state index in [1.54, 1.807) is 6.92 Å². The molecule has 8 nitrogen and oxygen atoms in total. The van der Waals surface area contributed by atoms with Gasteiger partial charge in [0, 0.05) is 18.7 Å². The molecule has 0 bridgehead atoms. The van der Waals surface area contributed by atoms with Gasteiger partial charge in [0.1, 0.15) is 11.9 Å². The number of hydrogen-bond acceptors (Lipinski definition) is 6. The molecular formula is C22H26F2N6O2. The van der Waals surface area contributed by atoms with Gasteiger partial charge in [-0.05, 0) is 43.5 Å². The van der Waals surface area contributed by atoms with Gasteiger partial charge in [-0.3, -0.25) is 4.79 Å². The highest BCUT2D eigenvalue weighted by Crippen LogP contribution is 2.33. The summed E-state index contributed by atoms with van der Waals surface area (Å²) in [4.78, 5) is 22.2. The summed E-state index contributed by atoms with van der Waals surface area (Å²) in [5.41, 5.74) is 0.914. The lowest BCUT2D eigenvalue weighted by Crippen LogP contribution is -2.37. The lowest BCUT2D eigenvalue weighted by molar-refractivity contribution is 0.0875. The van der Waals surface area contributed by atoms with E-state index in [4.69, 9.17) is 4.52 Å². The van der Waals surface area contributed by atoms with Gasteiger partial charge in [-0.1, -0.05) is 25.9 Å². The Morgan fingerprint density at radius 1 is 1.25 bits per heavy atom. The highest BCUT2D eigenvalue weighted by atomic mass is 19.2. The van der Waals surface area contributed by atoms with E-state index < -0.39 is 29.0 Å². The van der Waals surface area contributed by atoms with Crippen molar-refractivity contribution >= 4 is 5.91 Å². The number of benzene rings is 1. The topological polar surface area (TPSA) is 97.9 Å². The first-order valence-electron chi connectivity index (χ1n) is 10.5. The molecule has 2 N–H and O–H groups in total. The number of amides is 1. The van der Waals surface area contributed by atoms with Crippen LogP contribution in [0.4, 0.5) is 8.78 Å². The molecule has 0 spiro atoms. The van der Waals surface area contributed by atoms with E-state index in [1.165, 1.54) is 6.07 Å². The second kappa shape index (κ2) is 8.42. The van der Waals surface area contributed by atoms with Crippen LogP contribution in [0.3, 0.4) is 0 Å². The van der Waals surface area contributed by atoms with Gasteiger partial charge in [0.25, 0.3) is 5.91 Å². The summed E-state index contributed by atoms with van der Waals surface area (Å²) in [6.07, 6.45) is 0.812. The number of imidazole rings is 1. The number of carbonyl (C=O) groups is 1. The molecule has 0 unspecified atom stereocenters. The van der Waals surface area contributed by atoms with Gasteiger partial charge >= 0.3 is 0 Å². The van der Waals surface area contributed by atoms with E-state index in [-0.39, 0.29) is 5.69 Å². The maximum atomic E-state index is 13.9. The van der Waals surface area contributed by atoms with Crippen molar-refractivity contribution in [3.8, 4) is 11.4 Å². The zero-order chi connectivity index (χ0) is 23.0. The number of fused-ring (bicyclic) bond motifs is 1. The number of aromatic nitrogens is 4. The van der Waals surface area contributed by atoms with Crippen molar-refractivity contribution < 1.29 is 18.1 Å². The highest BCUT2D eigenvalue weighted by molar-refractivity contribution is 5.94. The Bertz CT molecular complexity index is 1150. The van der Waals surface area contributed by atoms with E-state index in [1.807, 2.05) is 25.3 Å². The van der Waals surface area contributed by atoms with Crippen LogP contribution in [0.2, 0.25) is 0 Å². The lowest BCUT2D eigenvalue weighted by Gasteiger charge is -2.28. The van der Waals surface area contributed by atoms with Crippen molar-refractivity contribution in [3.05, 3.63) is 52.9 Å². The molecule has 4 rings (SSSR count). The van der Waals surface area contributed by atoms with Crippen LogP contribution in [0.25, 0.3) is 11.4 Å². The Morgan fingerprint density at radius 2 is 2.03 bits per heavy atom. The SMILES string of the molecule is Cc1noc([C@@H](NC(=O)c2nc(-c3ccc(F)c(F)c3)n3c2CNCCC3)C(C)(C)C)n1. The zero-order valence-corrected chi connectivity index (χ0v) is 18.5. The Morgan fingerprint density at radius 3 is 2.69 bits per heavy atom. The first-order valence-corrected chi connectivity index (χ1v) is 10.5. The molecule has 0 saturated carbocycles. The molecule has 2 aromatic heterocycles. The molecule has 0 radical (unpaired) electrons. The number of halogens is 2. The first-order chi connectivity index (χ1) is 15.1. The molecule has 170 valence electrons. The van der Waals surface area contributed by atoms with Gasteiger partial charge < -0.3 is 19.7 Å². The van der Waals surface area contributed by atoms with E-state index in [2.05, 4.69) is 25.8 Å². The van der Waals surface area contributed by atoms with Gasteiger partial charge in [0.05, 0.1) is 5.69 Å². The normalized spacial score (nSPS) is 15.2. The fraction of sp³-hybridized carbons (Fsp3) is 0.455. The smallest absolute Gasteiger partial charge is 0.272 e. The fourth-order valence-corrected chi connectivity index (χ4v) is 3.79. The van der Waals surface area contributed by atoms with Gasteiger partial charge in [0.15, 0.2) is 23.2 Å². The summed E-state index contributed by atoms with van der Waals surface area (Å²) >= 11 is 0. The summed E-state index contributed by atoms with van der Waals surface area (Å²) in [6, 6.07) is 3.09. The Labute approximate surface area is 184 Å². The average Bonchev–Trinajstić information content (AvgIpc) is 3.22. The number of carbonyl (C=O) groups excluding carboxylic acids is 1. The number of aryl methyl sites for hydroxylation is 1. The molecular weight excluding hydrogens is 418 g/mol. The maximum absolute atomic E-state index is 13.9. The molecule has 3 heterocycles. The monoisotopic (exact) mass is 444 g/mol. The van der Waals surface area contributed by atoms with Crippen molar-refractivity contribution in [3.63, 3.8) is 0 Å². The standard InChI is InChI=1S/C22H26F2N6O2/c1-12-26-21(32-29-12)18(22(2,3)4)28-20(31)17-16-11-25-8-5-9-30(16)19(27-17)13-6-7-14(23)15(24)10-13/h6-7,10,18,25H,5,8-9,11H2,1-4H3,(H,28,31)/t18-/m1/s1. The molecule has 32 heavy (non-hydrogen) atoms. The van der Waals surface area contributed by atoms with Gasteiger partial charge in [0.2, 0.25) is 5.89 Å². The van der Waals surface area contributed by atoms with Crippen molar-refractivity contribution in [2.75, 3.05) is 6.54 Å². The van der Waals surface area contributed by atoms with E-state index in [0.717, 1.165) is 25.1 Å². The van der Waals surface area contributed by atoms with Crippen molar-refractivity contribution in [1.82, 2.24) is 30.3 Å². The summed E-state index contributed by atoms with van der Waals surface area (Å²) in [7, 11) is 0.